The fraction of sp³-hybridized carbons (Fsp3) is 0.100. The van der Waals surface area contributed by atoms with Crippen LogP contribution in [0, 0.1) is 11.3 Å². The van der Waals surface area contributed by atoms with Gasteiger partial charge in [-0.25, -0.2) is 4.98 Å². The van der Waals surface area contributed by atoms with Crippen molar-refractivity contribution in [3.63, 3.8) is 0 Å². The average molecular weight is 364 g/mol. The lowest BCUT2D eigenvalue weighted by Gasteiger charge is -2.11. The molecule has 124 valence electrons. The number of hydrogen-bond acceptors (Lipinski definition) is 5. The van der Waals surface area contributed by atoms with Crippen LogP contribution in [0.3, 0.4) is 0 Å². The van der Waals surface area contributed by atoms with Crippen molar-refractivity contribution in [3.05, 3.63) is 66.1 Å². The van der Waals surface area contributed by atoms with Gasteiger partial charge in [0.25, 0.3) is 0 Å². The number of nitriles is 1. The van der Waals surface area contributed by atoms with Crippen LogP contribution in [0.1, 0.15) is 5.56 Å². The van der Waals surface area contributed by atoms with E-state index in [9.17, 15) is 5.26 Å². The van der Waals surface area contributed by atoms with Gasteiger partial charge in [0.15, 0.2) is 0 Å². The molecule has 2 aromatic heterocycles. The summed E-state index contributed by atoms with van der Waals surface area (Å²) >= 11 is 3.15. The molecule has 0 radical (unpaired) electrons. The lowest BCUT2D eigenvalue weighted by Crippen LogP contribution is -1.95. The summed E-state index contributed by atoms with van der Waals surface area (Å²) in [6.07, 6.45) is 1.82. The Bertz CT molecular complexity index is 910. The topological polar surface area (TPSA) is 45.9 Å². The van der Waals surface area contributed by atoms with Crippen molar-refractivity contribution >= 4 is 23.1 Å². The van der Waals surface area contributed by atoms with Crippen LogP contribution >= 0.6 is 23.1 Å². The molecule has 25 heavy (non-hydrogen) atoms. The van der Waals surface area contributed by atoms with Gasteiger partial charge >= 0.3 is 0 Å². The summed E-state index contributed by atoms with van der Waals surface area (Å²) in [5.41, 5.74) is 3.37. The summed E-state index contributed by atoms with van der Waals surface area (Å²) in [6, 6.07) is 16.1. The third-order valence-corrected chi connectivity index (χ3v) is 5.48. The minimum atomic E-state index is 0.617. The maximum atomic E-state index is 9.69. The van der Waals surface area contributed by atoms with Crippen molar-refractivity contribution in [3.8, 4) is 33.5 Å². The number of aromatic nitrogens is 1. The molecule has 3 aromatic rings. The molecule has 0 aliphatic carbocycles. The number of thiophene rings is 1. The first-order chi connectivity index (χ1) is 12.3. The Morgan fingerprint density at radius 2 is 2.12 bits per heavy atom. The first-order valence-electron chi connectivity index (χ1n) is 7.64. The van der Waals surface area contributed by atoms with Gasteiger partial charge < -0.3 is 4.74 Å². The molecule has 0 bridgehead atoms. The molecule has 0 saturated heterocycles. The summed E-state index contributed by atoms with van der Waals surface area (Å²) < 4.78 is 5.22. The highest BCUT2D eigenvalue weighted by atomic mass is 32.2. The zero-order valence-corrected chi connectivity index (χ0v) is 15.4. The number of rotatable bonds is 6. The largest absolute Gasteiger partial charge is 0.497 e. The molecule has 0 saturated carbocycles. The van der Waals surface area contributed by atoms with Crippen molar-refractivity contribution in [2.24, 2.45) is 0 Å². The van der Waals surface area contributed by atoms with E-state index in [1.54, 1.807) is 18.4 Å². The first-order valence-corrected chi connectivity index (χ1v) is 9.50. The van der Waals surface area contributed by atoms with Crippen LogP contribution in [-0.2, 0) is 0 Å². The summed E-state index contributed by atoms with van der Waals surface area (Å²) in [4.78, 5) is 5.80. The smallest absolute Gasteiger partial charge is 0.118 e. The number of hydrogen-bond donors (Lipinski definition) is 0. The number of ether oxygens (including phenoxy) is 1. The Morgan fingerprint density at radius 1 is 1.32 bits per heavy atom. The van der Waals surface area contributed by atoms with Gasteiger partial charge in [0, 0.05) is 21.8 Å². The molecule has 0 spiro atoms. The highest BCUT2D eigenvalue weighted by Gasteiger charge is 2.16. The molecule has 2 heterocycles. The second-order valence-corrected chi connectivity index (χ2v) is 7.11. The van der Waals surface area contributed by atoms with Crippen molar-refractivity contribution in [1.82, 2.24) is 4.98 Å². The first kappa shape index (κ1) is 17.3. The molecule has 3 rings (SSSR count). The van der Waals surface area contributed by atoms with E-state index in [-0.39, 0.29) is 0 Å². The fourth-order valence-electron chi connectivity index (χ4n) is 2.41. The number of benzene rings is 1. The monoisotopic (exact) mass is 364 g/mol. The molecule has 0 fully saturated rings. The van der Waals surface area contributed by atoms with Gasteiger partial charge in [-0.1, -0.05) is 12.1 Å². The van der Waals surface area contributed by atoms with Gasteiger partial charge in [-0.15, -0.1) is 29.7 Å². The van der Waals surface area contributed by atoms with Crippen molar-refractivity contribution in [2.45, 2.75) is 5.03 Å². The number of pyridine rings is 1. The summed E-state index contributed by atoms with van der Waals surface area (Å²) in [7, 11) is 1.65. The van der Waals surface area contributed by atoms with Crippen LogP contribution in [0.25, 0.3) is 21.7 Å². The predicted octanol–water partition coefficient (Wildman–Crippen LogP) is 5.64. The van der Waals surface area contributed by atoms with Crippen LogP contribution in [-0.4, -0.2) is 17.8 Å². The predicted molar refractivity (Wildman–Crippen MR) is 105 cm³/mol. The average Bonchev–Trinajstić information content (AvgIpc) is 3.20. The molecule has 0 atom stereocenters. The Morgan fingerprint density at radius 3 is 2.72 bits per heavy atom. The third kappa shape index (κ3) is 3.76. The third-order valence-electron chi connectivity index (χ3n) is 3.61. The Kier molecular flexibility index (Phi) is 5.54. The van der Waals surface area contributed by atoms with Crippen molar-refractivity contribution in [2.75, 3.05) is 12.9 Å². The van der Waals surface area contributed by atoms with Crippen LogP contribution in [0.15, 0.2) is 65.5 Å². The molecular weight excluding hydrogens is 348 g/mol. The van der Waals surface area contributed by atoms with Crippen LogP contribution < -0.4 is 4.74 Å². The van der Waals surface area contributed by atoms with Gasteiger partial charge in [0.2, 0.25) is 0 Å². The molecule has 0 aliphatic heterocycles. The molecular formula is C20H16N2OS2. The van der Waals surface area contributed by atoms with Crippen molar-refractivity contribution in [1.29, 1.82) is 5.26 Å². The standard InChI is InChI=1S/C20H16N2OS2/c1-3-10-25-20-17(13-21)16(19-5-4-11-24-19)12-18(22-20)14-6-8-15(23-2)9-7-14/h3-9,11-12H,1,10H2,2H3. The van der Waals surface area contributed by atoms with Gasteiger partial charge in [-0.05, 0) is 41.8 Å². The van der Waals surface area contributed by atoms with Gasteiger partial charge in [0.05, 0.1) is 18.4 Å². The van der Waals surface area contributed by atoms with E-state index in [1.165, 1.54) is 11.8 Å². The molecule has 0 amide bonds. The Labute approximate surface area is 155 Å². The Balaban J connectivity index is 2.16. The number of methoxy groups -OCH3 is 1. The quantitative estimate of drug-likeness (QED) is 0.420. The van der Waals surface area contributed by atoms with E-state index in [0.29, 0.717) is 11.3 Å². The van der Waals surface area contributed by atoms with E-state index in [4.69, 9.17) is 9.72 Å². The summed E-state index contributed by atoms with van der Waals surface area (Å²) in [5, 5.41) is 12.4. The highest BCUT2D eigenvalue weighted by Crippen LogP contribution is 2.36. The number of thioether (sulfide) groups is 1. The maximum absolute atomic E-state index is 9.69. The lowest BCUT2D eigenvalue weighted by molar-refractivity contribution is 0.415. The van der Waals surface area contributed by atoms with E-state index in [0.717, 1.165) is 32.5 Å². The maximum Gasteiger partial charge on any atom is 0.118 e. The SMILES string of the molecule is C=CCSc1nc(-c2ccc(OC)cc2)cc(-c2cccs2)c1C#N. The minimum absolute atomic E-state index is 0.617. The van der Waals surface area contributed by atoms with E-state index >= 15 is 0 Å². The molecule has 1 aromatic carbocycles. The molecule has 0 unspecified atom stereocenters. The van der Waals surface area contributed by atoms with Gasteiger partial charge in [-0.3, -0.25) is 0 Å². The number of nitrogens with zero attached hydrogens (tertiary/aromatic N) is 2. The molecule has 0 aliphatic rings. The highest BCUT2D eigenvalue weighted by molar-refractivity contribution is 7.99. The minimum Gasteiger partial charge on any atom is -0.497 e. The van der Waals surface area contributed by atoms with E-state index in [2.05, 4.69) is 12.6 Å². The summed E-state index contributed by atoms with van der Waals surface area (Å²) in [6.45, 7) is 3.76. The fourth-order valence-corrected chi connectivity index (χ4v) is 3.90. The normalized spacial score (nSPS) is 10.2. The molecule has 5 heteroatoms. The van der Waals surface area contributed by atoms with E-state index < -0.39 is 0 Å². The van der Waals surface area contributed by atoms with Crippen LogP contribution in [0.4, 0.5) is 0 Å². The molecule has 0 N–H and O–H groups in total. The van der Waals surface area contributed by atoms with Gasteiger partial charge in [0.1, 0.15) is 16.8 Å². The van der Waals surface area contributed by atoms with Gasteiger partial charge in [-0.2, -0.15) is 5.26 Å². The molecule has 3 nitrogen and oxygen atoms in total. The lowest BCUT2D eigenvalue weighted by atomic mass is 10.0. The summed E-state index contributed by atoms with van der Waals surface area (Å²) in [5.74, 6) is 1.51. The van der Waals surface area contributed by atoms with Crippen LogP contribution in [0.5, 0.6) is 5.75 Å². The van der Waals surface area contributed by atoms with Crippen molar-refractivity contribution < 1.29 is 4.74 Å². The second-order valence-electron chi connectivity index (χ2n) is 5.15. The zero-order chi connectivity index (χ0) is 17.6. The Hall–Kier alpha value is -2.55. The zero-order valence-electron chi connectivity index (χ0n) is 13.7. The van der Waals surface area contributed by atoms with Crippen LogP contribution in [0.2, 0.25) is 0 Å². The van der Waals surface area contributed by atoms with E-state index in [1.807, 2.05) is 53.9 Å². The second kappa shape index (κ2) is 8.02.